The molecule has 0 N–H and O–H groups in total. The van der Waals surface area contributed by atoms with E-state index in [1.807, 2.05) is 60.7 Å². The summed E-state index contributed by atoms with van der Waals surface area (Å²) in [6.45, 7) is 0.548. The van der Waals surface area contributed by atoms with Crippen LogP contribution in [0.1, 0.15) is 22.4 Å². The van der Waals surface area contributed by atoms with Gasteiger partial charge in [0.1, 0.15) is 11.5 Å². The SMILES string of the molecule is COc1ccc(Cn2c(CCc3ccncc3)cc(=O)n(Cc3ccc(OC)cc3)c2=O)cc1. The Balaban J connectivity index is 1.70. The van der Waals surface area contributed by atoms with Gasteiger partial charge in [-0.15, -0.1) is 0 Å². The number of aryl methyl sites for hydroxylation is 2. The van der Waals surface area contributed by atoms with Crippen molar-refractivity contribution in [3.63, 3.8) is 0 Å². The Morgan fingerprint density at radius 1 is 0.676 bits per heavy atom. The quantitative estimate of drug-likeness (QED) is 0.386. The molecule has 0 aliphatic carbocycles. The van der Waals surface area contributed by atoms with Crippen molar-refractivity contribution in [3.05, 3.63) is 122 Å². The average molecular weight is 458 g/mol. The predicted molar refractivity (Wildman–Crippen MR) is 131 cm³/mol. The van der Waals surface area contributed by atoms with E-state index in [-0.39, 0.29) is 17.8 Å². The van der Waals surface area contributed by atoms with Crippen LogP contribution >= 0.6 is 0 Å². The van der Waals surface area contributed by atoms with E-state index in [4.69, 9.17) is 9.47 Å². The maximum atomic E-state index is 13.5. The van der Waals surface area contributed by atoms with Gasteiger partial charge in [-0.3, -0.25) is 18.9 Å². The highest BCUT2D eigenvalue weighted by Gasteiger charge is 2.13. The van der Waals surface area contributed by atoms with Gasteiger partial charge in [-0.05, 0) is 65.9 Å². The molecule has 0 bridgehead atoms. The second-order valence-corrected chi connectivity index (χ2v) is 7.98. The van der Waals surface area contributed by atoms with Gasteiger partial charge < -0.3 is 9.47 Å². The van der Waals surface area contributed by atoms with Crippen LogP contribution in [0, 0.1) is 0 Å². The van der Waals surface area contributed by atoms with Gasteiger partial charge in [0.15, 0.2) is 0 Å². The fraction of sp³-hybridized carbons (Fsp3) is 0.222. The molecule has 0 aliphatic heterocycles. The molecule has 7 nitrogen and oxygen atoms in total. The van der Waals surface area contributed by atoms with Crippen molar-refractivity contribution in [1.29, 1.82) is 0 Å². The Labute approximate surface area is 197 Å². The zero-order valence-electron chi connectivity index (χ0n) is 19.3. The largest absolute Gasteiger partial charge is 0.497 e. The Kier molecular flexibility index (Phi) is 7.22. The Morgan fingerprint density at radius 2 is 1.21 bits per heavy atom. The molecule has 4 aromatic rings. The van der Waals surface area contributed by atoms with Gasteiger partial charge in [0.2, 0.25) is 0 Å². The molecule has 34 heavy (non-hydrogen) atoms. The van der Waals surface area contributed by atoms with Crippen LogP contribution in [0.4, 0.5) is 0 Å². The van der Waals surface area contributed by atoms with Gasteiger partial charge in [-0.25, -0.2) is 4.79 Å². The number of ether oxygens (including phenoxy) is 2. The minimum atomic E-state index is -0.330. The summed E-state index contributed by atoms with van der Waals surface area (Å²) >= 11 is 0. The average Bonchev–Trinajstić information content (AvgIpc) is 2.88. The molecule has 174 valence electrons. The molecule has 0 amide bonds. The van der Waals surface area contributed by atoms with Crippen LogP contribution in [0.3, 0.4) is 0 Å². The van der Waals surface area contributed by atoms with E-state index in [1.165, 1.54) is 4.57 Å². The molecule has 2 aromatic carbocycles. The van der Waals surface area contributed by atoms with E-state index < -0.39 is 0 Å². The fourth-order valence-electron chi connectivity index (χ4n) is 3.83. The molecule has 0 saturated heterocycles. The van der Waals surface area contributed by atoms with E-state index in [9.17, 15) is 9.59 Å². The summed E-state index contributed by atoms with van der Waals surface area (Å²) in [5, 5.41) is 0. The lowest BCUT2D eigenvalue weighted by Gasteiger charge is -2.16. The number of nitrogens with zero attached hydrogens (tertiary/aromatic N) is 3. The minimum Gasteiger partial charge on any atom is -0.497 e. The maximum absolute atomic E-state index is 13.5. The monoisotopic (exact) mass is 457 g/mol. The van der Waals surface area contributed by atoms with Crippen LogP contribution in [0.15, 0.2) is 88.7 Å². The standard InChI is InChI=1S/C27H27N3O4/c1-33-24-9-4-21(5-10-24)18-29-23(8-3-20-13-15-28-16-14-20)17-26(31)30(27(29)32)19-22-6-11-25(34-2)12-7-22/h4-7,9-17H,3,8,18-19H2,1-2H3. The maximum Gasteiger partial charge on any atom is 0.331 e. The third kappa shape index (κ3) is 5.43. The molecule has 2 aromatic heterocycles. The van der Waals surface area contributed by atoms with Crippen LogP contribution in [-0.2, 0) is 25.9 Å². The topological polar surface area (TPSA) is 75.3 Å². The number of methoxy groups -OCH3 is 2. The van der Waals surface area contributed by atoms with E-state index in [1.54, 1.807) is 37.2 Å². The van der Waals surface area contributed by atoms with Crippen molar-refractivity contribution in [2.45, 2.75) is 25.9 Å². The first-order chi connectivity index (χ1) is 16.6. The summed E-state index contributed by atoms with van der Waals surface area (Å²) in [5.74, 6) is 1.47. The van der Waals surface area contributed by atoms with Crippen molar-refractivity contribution < 1.29 is 9.47 Å². The number of rotatable bonds is 9. The van der Waals surface area contributed by atoms with E-state index in [0.717, 1.165) is 28.2 Å². The summed E-state index contributed by atoms with van der Waals surface area (Å²) in [7, 11) is 3.22. The Morgan fingerprint density at radius 3 is 1.74 bits per heavy atom. The van der Waals surface area contributed by atoms with Crippen LogP contribution in [0.25, 0.3) is 0 Å². The first-order valence-corrected chi connectivity index (χ1v) is 11.1. The van der Waals surface area contributed by atoms with Crippen molar-refractivity contribution in [3.8, 4) is 11.5 Å². The van der Waals surface area contributed by atoms with Crippen LogP contribution < -0.4 is 20.7 Å². The minimum absolute atomic E-state index is 0.189. The Bertz CT molecular complexity index is 1340. The van der Waals surface area contributed by atoms with Gasteiger partial charge in [0.25, 0.3) is 5.56 Å². The smallest absolute Gasteiger partial charge is 0.331 e. The summed E-state index contributed by atoms with van der Waals surface area (Å²) < 4.78 is 13.4. The lowest BCUT2D eigenvalue weighted by molar-refractivity contribution is 0.414. The van der Waals surface area contributed by atoms with Crippen molar-refractivity contribution >= 4 is 0 Å². The van der Waals surface area contributed by atoms with Crippen LogP contribution in [-0.4, -0.2) is 28.3 Å². The normalized spacial score (nSPS) is 10.8. The highest BCUT2D eigenvalue weighted by Crippen LogP contribution is 2.14. The molecule has 0 aliphatic rings. The highest BCUT2D eigenvalue weighted by atomic mass is 16.5. The lowest BCUT2D eigenvalue weighted by atomic mass is 10.1. The fourth-order valence-corrected chi connectivity index (χ4v) is 3.83. The summed E-state index contributed by atoms with van der Waals surface area (Å²) in [4.78, 5) is 30.6. The molecular formula is C27H27N3O4. The highest BCUT2D eigenvalue weighted by molar-refractivity contribution is 5.29. The van der Waals surface area contributed by atoms with Gasteiger partial charge in [-0.1, -0.05) is 24.3 Å². The van der Waals surface area contributed by atoms with Gasteiger partial charge in [0, 0.05) is 24.2 Å². The molecule has 0 fully saturated rings. The second-order valence-electron chi connectivity index (χ2n) is 7.98. The number of benzene rings is 2. The summed E-state index contributed by atoms with van der Waals surface area (Å²) in [6.07, 6.45) is 4.75. The zero-order valence-corrected chi connectivity index (χ0v) is 19.3. The first-order valence-electron chi connectivity index (χ1n) is 11.1. The summed E-state index contributed by atoms with van der Waals surface area (Å²) in [6, 6.07) is 20.4. The molecule has 0 spiro atoms. The predicted octanol–water partition coefficient (Wildman–Crippen LogP) is 3.30. The van der Waals surface area contributed by atoms with Crippen molar-refractivity contribution in [2.75, 3.05) is 14.2 Å². The van der Waals surface area contributed by atoms with E-state index in [2.05, 4.69) is 4.98 Å². The molecule has 0 radical (unpaired) electrons. The van der Waals surface area contributed by atoms with Gasteiger partial charge >= 0.3 is 5.69 Å². The van der Waals surface area contributed by atoms with E-state index in [0.29, 0.717) is 25.1 Å². The van der Waals surface area contributed by atoms with Crippen molar-refractivity contribution in [1.82, 2.24) is 14.1 Å². The molecule has 0 atom stereocenters. The van der Waals surface area contributed by atoms with Crippen molar-refractivity contribution in [2.24, 2.45) is 0 Å². The number of hydrogen-bond acceptors (Lipinski definition) is 5. The number of pyridine rings is 1. The molecular weight excluding hydrogens is 430 g/mol. The molecule has 4 rings (SSSR count). The second kappa shape index (κ2) is 10.7. The van der Waals surface area contributed by atoms with Crippen LogP contribution in [0.5, 0.6) is 11.5 Å². The molecule has 2 heterocycles. The zero-order chi connectivity index (χ0) is 23.9. The Hall–Kier alpha value is -4.13. The third-order valence-corrected chi connectivity index (χ3v) is 5.78. The molecule has 0 saturated carbocycles. The van der Waals surface area contributed by atoms with Gasteiger partial charge in [-0.2, -0.15) is 0 Å². The first kappa shape index (κ1) is 23.0. The number of aromatic nitrogens is 3. The van der Waals surface area contributed by atoms with E-state index >= 15 is 0 Å². The van der Waals surface area contributed by atoms with Crippen LogP contribution in [0.2, 0.25) is 0 Å². The lowest BCUT2D eigenvalue weighted by Crippen LogP contribution is -2.41. The van der Waals surface area contributed by atoms with Gasteiger partial charge in [0.05, 0.1) is 27.3 Å². The number of hydrogen-bond donors (Lipinski definition) is 0. The molecule has 7 heteroatoms. The third-order valence-electron chi connectivity index (χ3n) is 5.78. The molecule has 0 unspecified atom stereocenters. The summed E-state index contributed by atoms with van der Waals surface area (Å²) in [5.41, 5.74) is 2.96.